The molecule has 104 valence electrons. The van der Waals surface area contributed by atoms with E-state index in [1.54, 1.807) is 30.4 Å². The third-order valence-electron chi connectivity index (χ3n) is 3.06. The van der Waals surface area contributed by atoms with Crippen LogP contribution in [-0.4, -0.2) is 56.1 Å². The van der Waals surface area contributed by atoms with Gasteiger partial charge in [-0.3, -0.25) is 4.79 Å². The van der Waals surface area contributed by atoms with Gasteiger partial charge in [-0.05, 0) is 6.92 Å². The number of amides is 1. The van der Waals surface area contributed by atoms with Crippen molar-refractivity contribution in [1.29, 1.82) is 0 Å². The molecule has 1 spiro atoms. The van der Waals surface area contributed by atoms with Crippen LogP contribution in [0.1, 0.15) is 13.3 Å². The number of hydrogen-bond donors (Lipinski definition) is 2. The summed E-state index contributed by atoms with van der Waals surface area (Å²) in [7, 11) is 0. The Morgan fingerprint density at radius 3 is 2.44 bits per heavy atom. The standard InChI is InChI=1S/C10H16N2O3S2.BrH/c1-6(11)8(13)12-5-10(16-2-3-17-10)4-7(12)9(14)15;/h6-7H,2-5,11H2,1H3,(H,14,15);1H/t6-,7?;/m0./s1. The average Bonchev–Trinajstić information content (AvgIpc) is 2.86. The number of nitrogens with zero attached hydrogens (tertiary/aromatic N) is 1. The van der Waals surface area contributed by atoms with Crippen LogP contribution in [-0.2, 0) is 9.59 Å². The van der Waals surface area contributed by atoms with E-state index < -0.39 is 18.1 Å². The van der Waals surface area contributed by atoms with Gasteiger partial charge in [-0.15, -0.1) is 40.5 Å². The zero-order chi connectivity index (χ0) is 12.6. The molecule has 0 aromatic heterocycles. The van der Waals surface area contributed by atoms with Gasteiger partial charge in [0.2, 0.25) is 5.91 Å². The van der Waals surface area contributed by atoms with Gasteiger partial charge < -0.3 is 15.7 Å². The molecule has 2 aliphatic rings. The van der Waals surface area contributed by atoms with Crippen LogP contribution in [0.2, 0.25) is 0 Å². The van der Waals surface area contributed by atoms with E-state index in [1.807, 2.05) is 0 Å². The number of hydrogen-bond acceptors (Lipinski definition) is 5. The number of carboxylic acid groups (broad SMARTS) is 1. The number of rotatable bonds is 2. The second-order valence-corrected chi connectivity index (χ2v) is 7.64. The first-order chi connectivity index (χ1) is 7.95. The Bertz CT molecular complexity index is 348. The van der Waals surface area contributed by atoms with Gasteiger partial charge in [0.25, 0.3) is 0 Å². The highest BCUT2D eigenvalue weighted by Crippen LogP contribution is 2.51. The number of nitrogens with two attached hydrogens (primary N) is 1. The monoisotopic (exact) mass is 356 g/mol. The van der Waals surface area contributed by atoms with E-state index in [9.17, 15) is 14.7 Å². The van der Waals surface area contributed by atoms with Crippen molar-refractivity contribution in [2.45, 2.75) is 29.5 Å². The maximum Gasteiger partial charge on any atom is 0.326 e. The summed E-state index contributed by atoms with van der Waals surface area (Å²) < 4.78 is -0.117. The third kappa shape index (κ3) is 2.97. The number of carbonyl (C=O) groups is 2. The summed E-state index contributed by atoms with van der Waals surface area (Å²) in [6.45, 7) is 2.10. The zero-order valence-electron chi connectivity index (χ0n) is 10.00. The molecule has 0 aromatic rings. The van der Waals surface area contributed by atoms with Crippen LogP contribution in [0.25, 0.3) is 0 Å². The summed E-state index contributed by atoms with van der Waals surface area (Å²) in [5.41, 5.74) is 5.57. The lowest BCUT2D eigenvalue weighted by atomic mass is 10.2. The molecule has 2 heterocycles. The van der Waals surface area contributed by atoms with Gasteiger partial charge in [-0.25, -0.2) is 4.79 Å². The quantitative estimate of drug-likeness (QED) is 0.760. The van der Waals surface area contributed by atoms with Gasteiger partial charge in [-0.1, -0.05) is 0 Å². The minimum absolute atomic E-state index is 0. The van der Waals surface area contributed by atoms with Crippen molar-refractivity contribution in [3.05, 3.63) is 0 Å². The Kier molecular flexibility index (Phi) is 5.40. The number of halogens is 1. The number of carbonyl (C=O) groups excluding carboxylic acids is 1. The van der Waals surface area contributed by atoms with Crippen LogP contribution in [0.15, 0.2) is 0 Å². The van der Waals surface area contributed by atoms with Crippen molar-refractivity contribution in [3.8, 4) is 0 Å². The van der Waals surface area contributed by atoms with Crippen LogP contribution in [0.5, 0.6) is 0 Å². The van der Waals surface area contributed by atoms with Crippen molar-refractivity contribution < 1.29 is 14.7 Å². The lowest BCUT2D eigenvalue weighted by molar-refractivity contribution is -0.148. The lowest BCUT2D eigenvalue weighted by Gasteiger charge is -2.24. The Balaban J connectivity index is 0.00000162. The van der Waals surface area contributed by atoms with Crippen LogP contribution in [0, 0.1) is 0 Å². The Labute approximate surface area is 125 Å². The van der Waals surface area contributed by atoms with Crippen molar-refractivity contribution in [3.63, 3.8) is 0 Å². The molecule has 8 heteroatoms. The highest BCUT2D eigenvalue weighted by atomic mass is 79.9. The van der Waals surface area contributed by atoms with Crippen molar-refractivity contribution in [1.82, 2.24) is 4.90 Å². The molecular formula is C10H17BrN2O3S2. The van der Waals surface area contributed by atoms with Crippen LogP contribution < -0.4 is 5.73 Å². The fraction of sp³-hybridized carbons (Fsp3) is 0.800. The van der Waals surface area contributed by atoms with E-state index in [2.05, 4.69) is 0 Å². The van der Waals surface area contributed by atoms with Crippen molar-refractivity contribution >= 4 is 52.4 Å². The molecule has 5 nitrogen and oxygen atoms in total. The summed E-state index contributed by atoms with van der Waals surface area (Å²) in [5.74, 6) is 0.861. The second kappa shape index (κ2) is 6.02. The first-order valence-corrected chi connectivity index (χ1v) is 7.49. The van der Waals surface area contributed by atoms with E-state index in [0.717, 1.165) is 11.5 Å². The molecular weight excluding hydrogens is 340 g/mol. The molecule has 0 saturated carbocycles. The highest BCUT2D eigenvalue weighted by Gasteiger charge is 2.51. The maximum absolute atomic E-state index is 11.9. The van der Waals surface area contributed by atoms with Gasteiger partial charge >= 0.3 is 5.97 Å². The number of aliphatic carboxylic acids is 1. The van der Waals surface area contributed by atoms with Gasteiger partial charge in [0.1, 0.15) is 6.04 Å². The molecule has 0 bridgehead atoms. The van der Waals surface area contributed by atoms with Crippen LogP contribution >= 0.6 is 40.5 Å². The average molecular weight is 357 g/mol. The predicted octanol–water partition coefficient (Wildman–Crippen LogP) is 0.773. The highest BCUT2D eigenvalue weighted by molar-refractivity contribution is 8.93. The first-order valence-electron chi connectivity index (χ1n) is 5.52. The third-order valence-corrected chi connectivity index (χ3v) is 6.49. The van der Waals surface area contributed by atoms with Gasteiger partial charge in [0, 0.05) is 24.5 Å². The lowest BCUT2D eigenvalue weighted by Crippen LogP contribution is -2.47. The van der Waals surface area contributed by atoms with E-state index >= 15 is 0 Å². The molecule has 3 N–H and O–H groups in total. The zero-order valence-corrected chi connectivity index (χ0v) is 13.3. The summed E-state index contributed by atoms with van der Waals surface area (Å²) in [4.78, 5) is 24.6. The van der Waals surface area contributed by atoms with E-state index in [4.69, 9.17) is 5.73 Å². The molecule has 2 atom stereocenters. The fourth-order valence-electron chi connectivity index (χ4n) is 2.26. The summed E-state index contributed by atoms with van der Waals surface area (Å²) in [6, 6.07) is -1.35. The van der Waals surface area contributed by atoms with Crippen LogP contribution in [0.3, 0.4) is 0 Å². The molecule has 0 aromatic carbocycles. The van der Waals surface area contributed by atoms with Gasteiger partial charge in [-0.2, -0.15) is 0 Å². The largest absolute Gasteiger partial charge is 0.480 e. The van der Waals surface area contributed by atoms with Crippen molar-refractivity contribution in [2.75, 3.05) is 18.1 Å². The number of thioether (sulfide) groups is 2. The molecule has 18 heavy (non-hydrogen) atoms. The van der Waals surface area contributed by atoms with Crippen LogP contribution in [0.4, 0.5) is 0 Å². The minimum Gasteiger partial charge on any atom is -0.480 e. The van der Waals surface area contributed by atoms with Crippen molar-refractivity contribution in [2.24, 2.45) is 5.73 Å². The first kappa shape index (κ1) is 16.1. The summed E-state index contributed by atoms with van der Waals surface area (Å²) >= 11 is 3.54. The summed E-state index contributed by atoms with van der Waals surface area (Å²) in [5, 5.41) is 9.20. The molecule has 0 aliphatic carbocycles. The number of likely N-dealkylation sites (tertiary alicyclic amines) is 1. The van der Waals surface area contributed by atoms with E-state index in [1.165, 1.54) is 4.90 Å². The number of carboxylic acids is 1. The summed E-state index contributed by atoms with van der Waals surface area (Å²) in [6.07, 6.45) is 0.524. The predicted molar refractivity (Wildman–Crippen MR) is 79.4 cm³/mol. The molecule has 2 aliphatic heterocycles. The smallest absolute Gasteiger partial charge is 0.326 e. The molecule has 2 saturated heterocycles. The SMILES string of the molecule is Br.C[C@H](N)C(=O)N1CC2(CC1C(=O)O)SCCS2. The molecule has 1 unspecified atom stereocenters. The Morgan fingerprint density at radius 2 is 2.00 bits per heavy atom. The van der Waals surface area contributed by atoms with E-state index in [0.29, 0.717) is 13.0 Å². The van der Waals surface area contributed by atoms with Gasteiger partial charge in [0.05, 0.1) is 10.1 Å². The normalized spacial score (nSPS) is 27.0. The molecule has 1 amide bonds. The maximum atomic E-state index is 11.9. The Morgan fingerprint density at radius 1 is 1.44 bits per heavy atom. The minimum atomic E-state index is -0.927. The van der Waals surface area contributed by atoms with E-state index in [-0.39, 0.29) is 27.0 Å². The Hall–Kier alpha value is 0.0800. The topological polar surface area (TPSA) is 83.6 Å². The molecule has 2 rings (SSSR count). The fourth-order valence-corrected chi connectivity index (χ4v) is 5.52. The molecule has 0 radical (unpaired) electrons. The second-order valence-electron chi connectivity index (χ2n) is 4.42. The van der Waals surface area contributed by atoms with Gasteiger partial charge in [0.15, 0.2) is 0 Å². The molecule has 2 fully saturated rings.